The summed E-state index contributed by atoms with van der Waals surface area (Å²) in [5.74, 6) is -0.572. The maximum absolute atomic E-state index is 13.0. The number of fused-ring (bicyclic) bond motifs is 1. The molecule has 1 heterocycles. The molecule has 9 heteroatoms. The highest BCUT2D eigenvalue weighted by molar-refractivity contribution is 8.00. The Morgan fingerprint density at radius 1 is 1.38 bits per heavy atom. The zero-order valence-electron chi connectivity index (χ0n) is 13.2. The Hall–Kier alpha value is -1.90. The number of alkyl halides is 3. The molecule has 1 aromatic rings. The lowest BCUT2D eigenvalue weighted by atomic mass is 10.1. The van der Waals surface area contributed by atoms with Crippen LogP contribution in [0.4, 0.5) is 23.7 Å². The van der Waals surface area contributed by atoms with Crippen LogP contribution in [0.25, 0.3) is 0 Å². The largest absolute Gasteiger partial charge is 0.416 e. The number of benzene rings is 1. The van der Waals surface area contributed by atoms with Crippen molar-refractivity contribution in [3.05, 3.63) is 23.8 Å². The van der Waals surface area contributed by atoms with Gasteiger partial charge in [-0.15, -0.1) is 11.8 Å². The molecule has 0 bridgehead atoms. The number of hydrogen-bond donors (Lipinski definition) is 2. The molecular weight excluding hydrogens is 343 g/mol. The summed E-state index contributed by atoms with van der Waals surface area (Å²) in [6, 6.07) is 2.90. The minimum Gasteiger partial charge on any atom is -0.361 e. The molecule has 2 rings (SSSR count). The van der Waals surface area contributed by atoms with Gasteiger partial charge in [-0.05, 0) is 24.6 Å². The third kappa shape index (κ3) is 4.56. The molecule has 1 aromatic carbocycles. The highest BCUT2D eigenvalue weighted by Gasteiger charge is 2.32. The van der Waals surface area contributed by atoms with Gasteiger partial charge in [-0.3, -0.25) is 10.1 Å². The van der Waals surface area contributed by atoms with Gasteiger partial charge < -0.3 is 10.2 Å². The smallest absolute Gasteiger partial charge is 0.361 e. The number of anilines is 1. The minimum absolute atomic E-state index is 0.186. The average Bonchev–Trinajstić information content (AvgIpc) is 2.65. The van der Waals surface area contributed by atoms with E-state index in [1.54, 1.807) is 4.90 Å². The normalized spacial score (nSPS) is 17.7. The van der Waals surface area contributed by atoms with Crippen molar-refractivity contribution in [3.8, 4) is 0 Å². The molecule has 1 aliphatic heterocycles. The third-order valence-electron chi connectivity index (χ3n) is 3.58. The monoisotopic (exact) mass is 361 g/mol. The van der Waals surface area contributed by atoms with E-state index in [0.29, 0.717) is 23.5 Å². The molecule has 132 valence electrons. The molecule has 1 unspecified atom stereocenters. The van der Waals surface area contributed by atoms with Gasteiger partial charge in [-0.2, -0.15) is 13.2 Å². The SMILES string of the molecule is CNC(=O)NC(=O)CN1CCC(C)Sc2ccc(C(F)(F)F)cc21. The predicted molar refractivity (Wildman–Crippen MR) is 86.2 cm³/mol. The Kier molecular flexibility index (Phi) is 5.63. The van der Waals surface area contributed by atoms with Crippen molar-refractivity contribution in [3.63, 3.8) is 0 Å². The summed E-state index contributed by atoms with van der Waals surface area (Å²) >= 11 is 1.48. The number of halogens is 3. The second kappa shape index (κ2) is 7.33. The molecule has 1 atom stereocenters. The fourth-order valence-electron chi connectivity index (χ4n) is 2.34. The van der Waals surface area contributed by atoms with Gasteiger partial charge in [0.05, 0.1) is 17.8 Å². The summed E-state index contributed by atoms with van der Waals surface area (Å²) < 4.78 is 39.0. The van der Waals surface area contributed by atoms with E-state index in [4.69, 9.17) is 0 Å². The third-order valence-corrected chi connectivity index (χ3v) is 4.81. The Morgan fingerprint density at radius 2 is 2.08 bits per heavy atom. The van der Waals surface area contributed by atoms with Crippen LogP contribution in [-0.2, 0) is 11.0 Å². The molecule has 0 aromatic heterocycles. The standard InChI is InChI=1S/C15H18F3N3O2S/c1-9-5-6-21(8-13(22)20-14(23)19-2)11-7-10(15(16,17)18)3-4-12(11)24-9/h3-4,7,9H,5-6,8H2,1-2H3,(H2,19,20,22,23). The van der Waals surface area contributed by atoms with E-state index in [1.807, 2.05) is 6.92 Å². The van der Waals surface area contributed by atoms with Crippen LogP contribution in [0.3, 0.4) is 0 Å². The number of nitrogens with zero attached hydrogens (tertiary/aromatic N) is 1. The van der Waals surface area contributed by atoms with Crippen molar-refractivity contribution in [2.75, 3.05) is 25.0 Å². The summed E-state index contributed by atoms with van der Waals surface area (Å²) in [5.41, 5.74) is -0.389. The number of amides is 3. The molecule has 0 saturated carbocycles. The minimum atomic E-state index is -4.45. The van der Waals surface area contributed by atoms with Gasteiger partial charge in [0.2, 0.25) is 5.91 Å². The van der Waals surface area contributed by atoms with Gasteiger partial charge in [0.15, 0.2) is 0 Å². The summed E-state index contributed by atoms with van der Waals surface area (Å²) in [5, 5.41) is 4.60. The first-order chi connectivity index (χ1) is 11.2. The van der Waals surface area contributed by atoms with Crippen molar-refractivity contribution in [2.24, 2.45) is 0 Å². The Labute approximate surface area is 142 Å². The average molecular weight is 361 g/mol. The second-order valence-corrected chi connectivity index (χ2v) is 6.93. The van der Waals surface area contributed by atoms with Gasteiger partial charge in [-0.1, -0.05) is 6.92 Å². The van der Waals surface area contributed by atoms with E-state index in [2.05, 4.69) is 10.6 Å². The Balaban J connectivity index is 2.29. The molecule has 2 N–H and O–H groups in total. The summed E-state index contributed by atoms with van der Waals surface area (Å²) in [6.07, 6.45) is -3.73. The predicted octanol–water partition coefficient (Wildman–Crippen LogP) is 2.85. The number of urea groups is 1. The van der Waals surface area contributed by atoms with Crippen molar-refractivity contribution in [1.29, 1.82) is 0 Å². The number of imide groups is 1. The fourth-order valence-corrected chi connectivity index (χ4v) is 3.45. The Morgan fingerprint density at radius 3 is 2.71 bits per heavy atom. The molecule has 5 nitrogen and oxygen atoms in total. The lowest BCUT2D eigenvalue weighted by Gasteiger charge is -2.24. The highest BCUT2D eigenvalue weighted by Crippen LogP contribution is 2.41. The fraction of sp³-hybridized carbons (Fsp3) is 0.467. The van der Waals surface area contributed by atoms with Gasteiger partial charge in [0.1, 0.15) is 0 Å². The first kappa shape index (κ1) is 18.4. The van der Waals surface area contributed by atoms with Crippen LogP contribution in [0, 0.1) is 0 Å². The van der Waals surface area contributed by atoms with Gasteiger partial charge >= 0.3 is 12.2 Å². The molecule has 1 aliphatic rings. The van der Waals surface area contributed by atoms with Crippen molar-refractivity contribution in [1.82, 2.24) is 10.6 Å². The second-order valence-electron chi connectivity index (χ2n) is 5.45. The van der Waals surface area contributed by atoms with Gasteiger partial charge in [0, 0.05) is 23.7 Å². The van der Waals surface area contributed by atoms with Crippen molar-refractivity contribution >= 4 is 29.4 Å². The molecule has 0 fully saturated rings. The summed E-state index contributed by atoms with van der Waals surface area (Å²) in [7, 11) is 1.37. The van der Waals surface area contributed by atoms with E-state index in [0.717, 1.165) is 12.1 Å². The van der Waals surface area contributed by atoms with E-state index >= 15 is 0 Å². The number of carbonyl (C=O) groups excluding carboxylic acids is 2. The molecule has 0 saturated heterocycles. The maximum Gasteiger partial charge on any atom is 0.416 e. The van der Waals surface area contributed by atoms with Gasteiger partial charge in [-0.25, -0.2) is 4.79 Å². The van der Waals surface area contributed by atoms with Crippen LogP contribution in [0.1, 0.15) is 18.9 Å². The lowest BCUT2D eigenvalue weighted by Crippen LogP contribution is -2.44. The molecular formula is C15H18F3N3O2S. The Bertz CT molecular complexity index is 637. The van der Waals surface area contributed by atoms with Crippen LogP contribution >= 0.6 is 11.8 Å². The summed E-state index contributed by atoms with van der Waals surface area (Å²) in [6.45, 7) is 2.23. The summed E-state index contributed by atoms with van der Waals surface area (Å²) in [4.78, 5) is 25.4. The first-order valence-corrected chi connectivity index (χ1v) is 8.23. The quantitative estimate of drug-likeness (QED) is 0.850. The van der Waals surface area contributed by atoms with Crippen LogP contribution in [0.2, 0.25) is 0 Å². The number of nitrogens with one attached hydrogen (secondary N) is 2. The first-order valence-electron chi connectivity index (χ1n) is 7.35. The highest BCUT2D eigenvalue weighted by atomic mass is 32.2. The molecule has 24 heavy (non-hydrogen) atoms. The van der Waals surface area contributed by atoms with E-state index < -0.39 is 23.7 Å². The zero-order valence-corrected chi connectivity index (χ0v) is 14.1. The van der Waals surface area contributed by atoms with E-state index in [9.17, 15) is 22.8 Å². The maximum atomic E-state index is 13.0. The van der Waals surface area contributed by atoms with Crippen LogP contribution in [0.15, 0.2) is 23.1 Å². The van der Waals surface area contributed by atoms with Crippen molar-refractivity contribution < 1.29 is 22.8 Å². The molecule has 0 radical (unpaired) electrons. The van der Waals surface area contributed by atoms with Gasteiger partial charge in [0.25, 0.3) is 0 Å². The van der Waals surface area contributed by atoms with Crippen molar-refractivity contribution in [2.45, 2.75) is 29.7 Å². The van der Waals surface area contributed by atoms with Crippen LogP contribution in [0.5, 0.6) is 0 Å². The van der Waals surface area contributed by atoms with Crippen LogP contribution < -0.4 is 15.5 Å². The topological polar surface area (TPSA) is 61.4 Å². The van der Waals surface area contributed by atoms with Crippen LogP contribution in [-0.4, -0.2) is 37.3 Å². The van der Waals surface area contributed by atoms with E-state index in [-0.39, 0.29) is 11.8 Å². The molecule has 3 amide bonds. The molecule has 0 spiro atoms. The molecule has 0 aliphatic carbocycles. The van der Waals surface area contributed by atoms with E-state index in [1.165, 1.54) is 24.9 Å². The number of thioether (sulfide) groups is 1. The lowest BCUT2D eigenvalue weighted by molar-refractivity contribution is -0.137. The number of rotatable bonds is 2. The number of carbonyl (C=O) groups is 2. The zero-order chi connectivity index (χ0) is 17.9. The number of hydrogen-bond acceptors (Lipinski definition) is 4.